The summed E-state index contributed by atoms with van der Waals surface area (Å²) in [6.07, 6.45) is 1.72. The molecule has 1 aromatic carbocycles. The lowest BCUT2D eigenvalue weighted by Crippen LogP contribution is -2.58. The summed E-state index contributed by atoms with van der Waals surface area (Å²) in [5.74, 6) is -3.09. The molecule has 340 valence electrons. The van der Waals surface area contributed by atoms with Crippen molar-refractivity contribution in [1.29, 1.82) is 0 Å². The third kappa shape index (κ3) is 9.48. The van der Waals surface area contributed by atoms with E-state index < -0.39 is 90.9 Å². The van der Waals surface area contributed by atoms with E-state index in [1.807, 2.05) is 6.08 Å². The summed E-state index contributed by atoms with van der Waals surface area (Å²) in [5, 5.41) is 5.86. The Morgan fingerprint density at radius 2 is 1.82 bits per heavy atom. The van der Waals surface area contributed by atoms with Crippen molar-refractivity contribution >= 4 is 44.7 Å². The van der Waals surface area contributed by atoms with E-state index in [0.29, 0.717) is 69.3 Å². The summed E-state index contributed by atoms with van der Waals surface area (Å²) in [6, 6.07) is 2.02. The van der Waals surface area contributed by atoms with Crippen molar-refractivity contribution in [2.45, 2.75) is 144 Å². The molecule has 62 heavy (non-hydrogen) atoms. The predicted octanol–water partition coefficient (Wildman–Crippen LogP) is 5.62. The Bertz CT molecular complexity index is 2240. The maximum Gasteiger partial charge on any atom is 0.437 e. The van der Waals surface area contributed by atoms with Crippen molar-refractivity contribution in [3.8, 4) is 11.5 Å². The Kier molecular flexibility index (Phi) is 12.3. The van der Waals surface area contributed by atoms with Gasteiger partial charge in [0.1, 0.15) is 34.6 Å². The molecule has 19 heteroatoms. The van der Waals surface area contributed by atoms with Crippen LogP contribution >= 0.6 is 0 Å². The molecule has 4 heterocycles. The van der Waals surface area contributed by atoms with Gasteiger partial charge < -0.3 is 34.5 Å². The number of sulfonamides is 1. The van der Waals surface area contributed by atoms with Gasteiger partial charge >= 0.3 is 12.3 Å². The number of fused-ring (bicyclic) bond motifs is 5. The molecule has 0 bridgehead atoms. The first-order chi connectivity index (χ1) is 29.1. The first-order valence-corrected chi connectivity index (χ1v) is 22.8. The van der Waals surface area contributed by atoms with Gasteiger partial charge in [0.05, 0.1) is 23.4 Å². The summed E-state index contributed by atoms with van der Waals surface area (Å²) in [4.78, 5) is 61.9. The normalized spacial score (nSPS) is 27.9. The van der Waals surface area contributed by atoms with Gasteiger partial charge in [0.2, 0.25) is 21.8 Å². The van der Waals surface area contributed by atoms with Crippen molar-refractivity contribution in [2.24, 2.45) is 5.92 Å². The van der Waals surface area contributed by atoms with Gasteiger partial charge in [0.25, 0.3) is 5.91 Å². The average Bonchev–Trinajstić information content (AvgIpc) is 4.08. The number of carbonyl (C=O) groups excluding carboxylic acids is 4. The number of benzene rings is 1. The molecule has 1 spiro atoms. The Morgan fingerprint density at radius 1 is 1.06 bits per heavy atom. The number of carbonyl (C=O) groups is 4. The van der Waals surface area contributed by atoms with Crippen LogP contribution in [0.25, 0.3) is 10.9 Å². The number of hydrogen-bond acceptors (Lipinski definition) is 11. The van der Waals surface area contributed by atoms with Crippen LogP contribution in [0.5, 0.6) is 11.5 Å². The Hall–Kier alpha value is -4.65. The number of nitrogens with zero attached hydrogens (tertiary/aromatic N) is 2. The van der Waals surface area contributed by atoms with Crippen LogP contribution in [0.3, 0.4) is 0 Å². The third-order valence-electron chi connectivity index (χ3n) is 12.5. The van der Waals surface area contributed by atoms with Gasteiger partial charge in [-0.3, -0.25) is 19.1 Å². The van der Waals surface area contributed by atoms with Crippen LogP contribution in [0.15, 0.2) is 30.4 Å². The minimum atomic E-state index is -4.95. The molecule has 5 aliphatic rings. The van der Waals surface area contributed by atoms with Crippen LogP contribution in [0, 0.1) is 5.92 Å². The predicted molar refractivity (Wildman–Crippen MR) is 220 cm³/mol. The maximum absolute atomic E-state index is 14.9. The number of alkyl carbamates (subject to hydrolysis) is 1. The number of pyridine rings is 1. The van der Waals surface area contributed by atoms with E-state index in [1.165, 1.54) is 17.9 Å². The average molecular weight is 892 g/mol. The molecular formula is C43H56F3N5O10S. The number of methoxy groups -OCH3 is 1. The fourth-order valence-corrected chi connectivity index (χ4v) is 9.95. The molecule has 3 fully saturated rings. The number of ether oxygens (including phenoxy) is 4. The molecule has 2 saturated carbocycles. The summed E-state index contributed by atoms with van der Waals surface area (Å²) >= 11 is 0. The van der Waals surface area contributed by atoms with E-state index >= 15 is 0 Å². The van der Waals surface area contributed by atoms with Gasteiger partial charge in [-0.05, 0) is 97.3 Å². The number of aromatic nitrogens is 1. The second-order valence-electron chi connectivity index (χ2n) is 18.5. The number of halogens is 3. The molecule has 0 unspecified atom stereocenters. The van der Waals surface area contributed by atoms with E-state index in [9.17, 15) is 40.8 Å². The summed E-state index contributed by atoms with van der Waals surface area (Å²) < 4.78 is 95.1. The number of allylic oxidation sites excluding steroid dienone is 1. The van der Waals surface area contributed by atoms with E-state index in [1.54, 1.807) is 46.1 Å². The highest BCUT2D eigenvalue weighted by atomic mass is 32.2. The van der Waals surface area contributed by atoms with Crippen LogP contribution in [-0.4, -0.2) is 103 Å². The summed E-state index contributed by atoms with van der Waals surface area (Å²) in [5.41, 5.74) is -5.06. The molecule has 1 aromatic heterocycles. The number of rotatable bonds is 9. The van der Waals surface area contributed by atoms with E-state index in [2.05, 4.69) is 20.3 Å². The number of alkyl halides is 3. The van der Waals surface area contributed by atoms with Crippen molar-refractivity contribution in [3.63, 3.8) is 0 Å². The molecule has 1 saturated heterocycles. The molecule has 0 radical (unpaired) electrons. The third-order valence-corrected chi connectivity index (χ3v) is 14.7. The molecule has 2 aliphatic carbocycles. The monoisotopic (exact) mass is 891 g/mol. The van der Waals surface area contributed by atoms with Crippen molar-refractivity contribution in [3.05, 3.63) is 41.6 Å². The number of aryl methyl sites for hydroxylation is 1. The summed E-state index contributed by atoms with van der Waals surface area (Å²) in [7, 11) is -2.54. The largest absolute Gasteiger partial charge is 0.493 e. The lowest BCUT2D eigenvalue weighted by Gasteiger charge is -2.37. The quantitative estimate of drug-likeness (QED) is 0.209. The Labute approximate surface area is 359 Å². The van der Waals surface area contributed by atoms with Gasteiger partial charge in [-0.1, -0.05) is 25.0 Å². The van der Waals surface area contributed by atoms with Gasteiger partial charge in [-0.25, -0.2) is 18.2 Å². The molecular weight excluding hydrogens is 836 g/mol. The molecule has 5 atom stereocenters. The Balaban J connectivity index is 1.26. The highest BCUT2D eigenvalue weighted by molar-refractivity contribution is 7.91. The topological polar surface area (TPSA) is 192 Å². The molecule has 3 N–H and O–H groups in total. The molecule has 2 aromatic rings. The minimum Gasteiger partial charge on any atom is -0.493 e. The zero-order valence-corrected chi connectivity index (χ0v) is 36.6. The summed E-state index contributed by atoms with van der Waals surface area (Å²) in [6.45, 7) is 6.95. The highest BCUT2D eigenvalue weighted by Gasteiger charge is 2.64. The zero-order valence-electron chi connectivity index (χ0n) is 35.7. The fourth-order valence-electron chi connectivity index (χ4n) is 8.63. The van der Waals surface area contributed by atoms with Crippen LogP contribution in [0.2, 0.25) is 0 Å². The number of nitrogens with one attached hydrogen (secondary N) is 3. The lowest BCUT2D eigenvalue weighted by molar-refractivity contribution is -0.144. The second kappa shape index (κ2) is 16.8. The van der Waals surface area contributed by atoms with Crippen LogP contribution in [0.4, 0.5) is 18.0 Å². The number of amides is 4. The molecule has 3 aliphatic heterocycles. The molecule has 7 rings (SSSR count). The van der Waals surface area contributed by atoms with Gasteiger partial charge in [0, 0.05) is 43.4 Å². The van der Waals surface area contributed by atoms with Crippen LogP contribution in [0.1, 0.15) is 110 Å². The van der Waals surface area contributed by atoms with Gasteiger partial charge in [0.15, 0.2) is 11.4 Å². The first-order valence-electron chi connectivity index (χ1n) is 21.3. The van der Waals surface area contributed by atoms with E-state index in [-0.39, 0.29) is 49.7 Å². The maximum atomic E-state index is 14.9. The fraction of sp³-hybridized carbons (Fsp3) is 0.651. The SMILES string of the molecule is COCCCOc1ccc2nc(C(F)(F)F)c3c(c2c1)CC[C@]1(C[C@H]2C(=O)N[C@]4(C(=O)NS(=O)(=O)C5(C)CC5)C[C@H]4/C=C\CCCCC[C@H](NC(=O)OC(C)(C)C)C(=O)N2C1)O3. The lowest BCUT2D eigenvalue weighted by atomic mass is 9.87. The number of hydrogen-bond donors (Lipinski definition) is 3. The molecule has 4 amide bonds. The van der Waals surface area contributed by atoms with Gasteiger partial charge in [-0.15, -0.1) is 0 Å². The van der Waals surface area contributed by atoms with E-state index in [4.69, 9.17) is 18.9 Å². The van der Waals surface area contributed by atoms with Gasteiger partial charge in [-0.2, -0.15) is 13.2 Å². The van der Waals surface area contributed by atoms with Crippen LogP contribution in [-0.2, 0) is 46.5 Å². The standard InChI is InChI=1S/C43H56F3N5O10S/c1-39(2,3)61-38(55)48-31-13-10-8-6-7-9-12-26-23-42(26,37(54)50-62(56,57)40(4)18-19-40)49-35(52)32-24-41(25-51(32)36(31)53)17-16-28-29-22-27(59-21-11-20-58-5)14-15-30(29)47-34(33(28)60-41)43(44,45)46/h9,12,14-15,22,26,31-32H,6-8,10-11,13,16-21,23-25H2,1-5H3,(H,48,55)(H,49,52)(H,50,54)/b12-9-/t26-,31+,32+,41-,42-/m1/s1. The molecule has 15 nitrogen and oxygen atoms in total. The smallest absolute Gasteiger partial charge is 0.437 e. The van der Waals surface area contributed by atoms with E-state index in [0.717, 1.165) is 0 Å². The van der Waals surface area contributed by atoms with Crippen molar-refractivity contribution < 1.29 is 59.7 Å². The van der Waals surface area contributed by atoms with Crippen LogP contribution < -0.4 is 24.8 Å². The highest BCUT2D eigenvalue weighted by Crippen LogP contribution is 2.50. The van der Waals surface area contributed by atoms with Crippen molar-refractivity contribution in [1.82, 2.24) is 25.2 Å². The van der Waals surface area contributed by atoms with Crippen molar-refractivity contribution in [2.75, 3.05) is 26.9 Å². The minimum absolute atomic E-state index is 0.0519. The first kappa shape index (κ1) is 45.4. The Morgan fingerprint density at radius 3 is 2.52 bits per heavy atom. The second-order valence-corrected chi connectivity index (χ2v) is 20.7. The zero-order chi connectivity index (χ0) is 44.9.